The predicted molar refractivity (Wildman–Crippen MR) is 112 cm³/mol. The molecule has 0 aliphatic heterocycles. The van der Waals surface area contributed by atoms with Crippen molar-refractivity contribution in [3.8, 4) is 0 Å². The molecule has 2 rings (SSSR count). The third-order valence-electron chi connectivity index (χ3n) is 5.42. The Morgan fingerprint density at radius 2 is 1.50 bits per heavy atom. The lowest BCUT2D eigenvalue weighted by molar-refractivity contribution is -0.433. The Labute approximate surface area is 172 Å². The first-order valence-corrected chi connectivity index (χ1v) is 10.2. The molecule has 1 aromatic carbocycles. The number of ether oxygens (including phenoxy) is 4. The van der Waals surface area contributed by atoms with E-state index in [1.54, 1.807) is 28.4 Å². The second-order valence-corrected chi connectivity index (χ2v) is 9.15. The van der Waals surface area contributed by atoms with Crippen molar-refractivity contribution in [3.05, 3.63) is 33.4 Å². The minimum atomic E-state index is -1.01. The summed E-state index contributed by atoms with van der Waals surface area (Å²) in [4.78, 5) is 0. The van der Waals surface area contributed by atoms with Crippen LogP contribution in [0.4, 0.5) is 0 Å². The quantitative estimate of drug-likeness (QED) is 0.300. The van der Waals surface area contributed by atoms with Gasteiger partial charge in [-0.05, 0) is 34.2 Å². The van der Waals surface area contributed by atoms with Gasteiger partial charge in [0.1, 0.15) is 0 Å². The van der Waals surface area contributed by atoms with Crippen LogP contribution < -0.4 is 0 Å². The zero-order valence-corrected chi connectivity index (χ0v) is 19.4. The van der Waals surface area contributed by atoms with E-state index in [0.717, 1.165) is 0 Å². The molecule has 6 heteroatoms. The van der Waals surface area contributed by atoms with Gasteiger partial charge in [0.25, 0.3) is 0 Å². The maximum Gasteiger partial charge on any atom is 0.229 e. The van der Waals surface area contributed by atoms with Crippen molar-refractivity contribution >= 4 is 45.2 Å². The first-order valence-electron chi connectivity index (χ1n) is 7.86. The summed E-state index contributed by atoms with van der Waals surface area (Å²) in [5.41, 5.74) is 0.954. The molecular weight excluding hydrogens is 534 g/mol. The van der Waals surface area contributed by atoms with E-state index < -0.39 is 11.6 Å². The summed E-state index contributed by atoms with van der Waals surface area (Å²) >= 11 is 4.93. The van der Waals surface area contributed by atoms with E-state index >= 15 is 0 Å². The van der Waals surface area contributed by atoms with Gasteiger partial charge in [-0.15, -0.1) is 0 Å². The van der Waals surface area contributed by atoms with Crippen LogP contribution in [-0.4, -0.2) is 43.9 Å². The second kappa shape index (κ2) is 7.64. The lowest BCUT2D eigenvalue weighted by Gasteiger charge is -2.61. The standard InChI is InChI=1S/C18H26I2O4/c1-16(2)15(20)13(12-9-7-8-10-14(12)19)11-17(21-3,22-4)18(16,23-5)24-6/h7-10,13,15H,11H2,1-6H3. The van der Waals surface area contributed by atoms with E-state index in [9.17, 15) is 0 Å². The van der Waals surface area contributed by atoms with Crippen molar-refractivity contribution in [2.24, 2.45) is 5.41 Å². The maximum absolute atomic E-state index is 5.95. The van der Waals surface area contributed by atoms with Gasteiger partial charge >= 0.3 is 0 Å². The number of methoxy groups -OCH3 is 4. The van der Waals surface area contributed by atoms with Gasteiger partial charge in [0.2, 0.25) is 11.6 Å². The molecule has 0 saturated heterocycles. The van der Waals surface area contributed by atoms with Crippen molar-refractivity contribution in [2.75, 3.05) is 28.4 Å². The third-order valence-corrected chi connectivity index (χ3v) is 8.83. The van der Waals surface area contributed by atoms with E-state index in [4.69, 9.17) is 18.9 Å². The lowest BCUT2D eigenvalue weighted by Crippen LogP contribution is -2.72. The van der Waals surface area contributed by atoms with Crippen molar-refractivity contribution in [1.82, 2.24) is 0 Å². The first kappa shape index (κ1) is 20.8. The third kappa shape index (κ3) is 2.85. The SMILES string of the molecule is COC1(OC)CC(c2ccccc2I)C(I)C(C)(C)C1(OC)OC. The van der Waals surface area contributed by atoms with Crippen LogP contribution in [0.1, 0.15) is 31.7 Å². The van der Waals surface area contributed by atoms with Crippen molar-refractivity contribution in [1.29, 1.82) is 0 Å². The molecule has 1 aliphatic carbocycles. The van der Waals surface area contributed by atoms with Crippen LogP contribution >= 0.6 is 45.2 Å². The molecule has 0 radical (unpaired) electrons. The highest BCUT2D eigenvalue weighted by molar-refractivity contribution is 14.1. The Kier molecular flexibility index (Phi) is 6.63. The number of benzene rings is 1. The van der Waals surface area contributed by atoms with Crippen LogP contribution in [0.3, 0.4) is 0 Å². The minimum Gasteiger partial charge on any atom is -0.349 e. The summed E-state index contributed by atoms with van der Waals surface area (Å²) in [6.45, 7) is 4.32. The second-order valence-electron chi connectivity index (χ2n) is 6.64. The topological polar surface area (TPSA) is 36.9 Å². The molecule has 0 amide bonds. The van der Waals surface area contributed by atoms with E-state index in [0.29, 0.717) is 6.42 Å². The molecule has 24 heavy (non-hydrogen) atoms. The van der Waals surface area contributed by atoms with Gasteiger partial charge in [0, 0.05) is 53.7 Å². The highest BCUT2D eigenvalue weighted by atomic mass is 127. The van der Waals surface area contributed by atoms with Crippen LogP contribution in [0.5, 0.6) is 0 Å². The number of halogens is 2. The Balaban J connectivity index is 2.65. The van der Waals surface area contributed by atoms with Crippen molar-refractivity contribution < 1.29 is 18.9 Å². The summed E-state index contributed by atoms with van der Waals surface area (Å²) in [5, 5.41) is 0. The van der Waals surface area contributed by atoms with Gasteiger partial charge in [-0.3, -0.25) is 0 Å². The molecule has 2 atom stereocenters. The van der Waals surface area contributed by atoms with Crippen LogP contribution in [0, 0.1) is 8.99 Å². The summed E-state index contributed by atoms with van der Waals surface area (Å²) in [6, 6.07) is 8.48. The molecule has 0 heterocycles. The summed E-state index contributed by atoms with van der Waals surface area (Å²) < 4.78 is 25.3. The van der Waals surface area contributed by atoms with Gasteiger partial charge in [0.15, 0.2) is 0 Å². The Bertz CT molecular complexity index is 568. The average Bonchev–Trinajstić information content (AvgIpc) is 2.58. The van der Waals surface area contributed by atoms with Gasteiger partial charge in [-0.1, -0.05) is 54.6 Å². The summed E-state index contributed by atoms with van der Waals surface area (Å²) in [7, 11) is 6.64. The Morgan fingerprint density at radius 3 is 1.96 bits per heavy atom. The smallest absolute Gasteiger partial charge is 0.229 e. The zero-order valence-electron chi connectivity index (χ0n) is 15.1. The molecule has 136 valence electrons. The van der Waals surface area contributed by atoms with Gasteiger partial charge in [-0.25, -0.2) is 0 Å². The monoisotopic (exact) mass is 560 g/mol. The predicted octanol–water partition coefficient (Wildman–Crippen LogP) is 4.59. The molecule has 0 N–H and O–H groups in total. The van der Waals surface area contributed by atoms with E-state index in [1.165, 1.54) is 9.13 Å². The fraction of sp³-hybridized carbons (Fsp3) is 0.667. The van der Waals surface area contributed by atoms with E-state index in [-0.39, 0.29) is 15.3 Å². The number of hydrogen-bond acceptors (Lipinski definition) is 4. The molecule has 1 fully saturated rings. The number of alkyl halides is 1. The first-order chi connectivity index (χ1) is 11.3. The Morgan fingerprint density at radius 1 is 0.958 bits per heavy atom. The largest absolute Gasteiger partial charge is 0.349 e. The normalized spacial score (nSPS) is 27.8. The van der Waals surface area contributed by atoms with Crippen LogP contribution in [0.15, 0.2) is 24.3 Å². The molecule has 2 unspecified atom stereocenters. The fourth-order valence-electron chi connectivity index (χ4n) is 4.19. The fourth-order valence-corrected chi connectivity index (χ4v) is 6.02. The number of hydrogen-bond donors (Lipinski definition) is 0. The summed E-state index contributed by atoms with van der Waals surface area (Å²) in [6.07, 6.45) is 0.652. The van der Waals surface area contributed by atoms with Crippen molar-refractivity contribution in [3.63, 3.8) is 0 Å². The molecule has 1 aromatic rings. The molecule has 4 nitrogen and oxygen atoms in total. The van der Waals surface area contributed by atoms with Crippen LogP contribution in [0.2, 0.25) is 0 Å². The lowest BCUT2D eigenvalue weighted by atomic mass is 9.62. The van der Waals surface area contributed by atoms with E-state index in [2.05, 4.69) is 83.3 Å². The average molecular weight is 560 g/mol. The molecule has 0 spiro atoms. The van der Waals surface area contributed by atoms with Crippen LogP contribution in [-0.2, 0) is 18.9 Å². The molecule has 1 aliphatic rings. The highest BCUT2D eigenvalue weighted by Gasteiger charge is 2.70. The number of rotatable bonds is 5. The zero-order chi connectivity index (χ0) is 18.2. The molecular formula is C18H26I2O4. The minimum absolute atomic E-state index is 0.257. The Hall–Kier alpha value is 0.520. The molecule has 0 bridgehead atoms. The maximum atomic E-state index is 5.95. The summed E-state index contributed by atoms with van der Waals surface area (Å²) in [5.74, 6) is -1.75. The van der Waals surface area contributed by atoms with E-state index in [1.807, 2.05) is 0 Å². The molecule has 0 aromatic heterocycles. The van der Waals surface area contributed by atoms with Gasteiger partial charge in [0.05, 0.1) is 0 Å². The van der Waals surface area contributed by atoms with Gasteiger partial charge in [-0.2, -0.15) is 0 Å². The van der Waals surface area contributed by atoms with Crippen molar-refractivity contribution in [2.45, 2.75) is 41.7 Å². The van der Waals surface area contributed by atoms with Crippen LogP contribution in [0.25, 0.3) is 0 Å². The highest BCUT2D eigenvalue weighted by Crippen LogP contribution is 2.60. The molecule has 1 saturated carbocycles. The van der Waals surface area contributed by atoms with Gasteiger partial charge < -0.3 is 18.9 Å².